The van der Waals surface area contributed by atoms with Gasteiger partial charge in [-0.05, 0) is 0 Å². The summed E-state index contributed by atoms with van der Waals surface area (Å²) < 4.78 is 70.4. The Hall–Kier alpha value is -0.140. The second-order valence-electron chi connectivity index (χ2n) is 1.36. The van der Waals surface area contributed by atoms with Crippen molar-refractivity contribution in [1.82, 2.24) is 8.25 Å². The van der Waals surface area contributed by atoms with Crippen LogP contribution in [-0.4, -0.2) is 25.6 Å². The highest BCUT2D eigenvalue weighted by molar-refractivity contribution is 8.06. The van der Waals surface area contributed by atoms with E-state index in [1.54, 1.807) is 0 Å². The van der Waals surface area contributed by atoms with Crippen molar-refractivity contribution < 1.29 is 29.5 Å². The van der Waals surface area contributed by atoms with Crippen molar-refractivity contribution in [3.05, 3.63) is 0 Å². The van der Waals surface area contributed by atoms with Gasteiger partial charge in [-0.3, -0.25) is 4.55 Å². The first-order valence-electron chi connectivity index (χ1n) is 1.99. The monoisotopic (exact) mass is 242 g/mol. The third-order valence-corrected chi connectivity index (χ3v) is 3.51. The lowest BCUT2D eigenvalue weighted by molar-refractivity contribution is 0.539. The third kappa shape index (κ3) is 6.56. The minimum absolute atomic E-state index is 0.440. The zero-order chi connectivity index (χ0) is 9.99. The Morgan fingerprint density at radius 2 is 1.67 bits per heavy atom. The molecule has 74 valence electrons. The highest BCUT2D eigenvalue weighted by atomic mass is 32.3. The van der Waals surface area contributed by atoms with Crippen LogP contribution in [0.4, 0.5) is 3.89 Å². The summed E-state index contributed by atoms with van der Waals surface area (Å²) in [6, 6.07) is 0. The van der Waals surface area contributed by atoms with Gasteiger partial charge >= 0.3 is 20.6 Å². The van der Waals surface area contributed by atoms with Gasteiger partial charge in [0.2, 0.25) is 11.3 Å². The summed E-state index contributed by atoms with van der Waals surface area (Å²) in [5.41, 5.74) is 0. The van der Waals surface area contributed by atoms with Crippen molar-refractivity contribution in [1.29, 1.82) is 0 Å². The molecule has 0 rings (SSSR count). The molecule has 12 heteroatoms. The van der Waals surface area contributed by atoms with Crippen LogP contribution in [0.15, 0.2) is 0 Å². The van der Waals surface area contributed by atoms with Gasteiger partial charge in [-0.2, -0.15) is 16.8 Å². The van der Waals surface area contributed by atoms with Gasteiger partial charge < -0.3 is 0 Å². The molecule has 0 aromatic heterocycles. The standard InChI is InChI=1S/FH3N2O6S3/c1-11(6,7)3-12(8,9)2-10(4)5/h2-3H,(H,4,5). The van der Waals surface area contributed by atoms with Crippen LogP contribution >= 0.6 is 0 Å². The number of nitrogens with one attached hydrogen (secondary N) is 2. The van der Waals surface area contributed by atoms with E-state index in [9.17, 15) is 24.9 Å². The first kappa shape index (κ1) is 11.9. The van der Waals surface area contributed by atoms with Crippen LogP contribution in [0.25, 0.3) is 0 Å². The molecule has 0 amide bonds. The quantitative estimate of drug-likeness (QED) is 0.377. The highest BCUT2D eigenvalue weighted by Gasteiger charge is 2.20. The van der Waals surface area contributed by atoms with Crippen molar-refractivity contribution in [2.75, 3.05) is 0 Å². The van der Waals surface area contributed by atoms with Gasteiger partial charge in [0.25, 0.3) is 0 Å². The molecule has 0 aliphatic rings. The first-order chi connectivity index (χ1) is 5.12. The van der Waals surface area contributed by atoms with Crippen molar-refractivity contribution >= 4 is 31.9 Å². The first-order valence-corrected chi connectivity index (χ1v) is 5.96. The summed E-state index contributed by atoms with van der Waals surface area (Å²) in [6.07, 6.45) is 0. The normalized spacial score (nSPS) is 15.8. The minimum atomic E-state index is -5.47. The lowest BCUT2D eigenvalue weighted by Crippen LogP contribution is -2.39. The number of halogens is 1. The molecule has 0 aromatic carbocycles. The Labute approximate surface area is 70.1 Å². The van der Waals surface area contributed by atoms with E-state index in [1.165, 1.54) is 0 Å². The lowest BCUT2D eigenvalue weighted by atomic mass is 13.8. The summed E-state index contributed by atoms with van der Waals surface area (Å²) in [5.74, 6) is 0. The van der Waals surface area contributed by atoms with Gasteiger partial charge in [0, 0.05) is 0 Å². The van der Waals surface area contributed by atoms with Gasteiger partial charge in [0.05, 0.1) is 0 Å². The fraction of sp³-hybridized carbons (Fsp3) is 0. The van der Waals surface area contributed by atoms with E-state index < -0.39 is 31.9 Å². The van der Waals surface area contributed by atoms with E-state index in [-0.39, 0.29) is 0 Å². The molecule has 3 N–H and O–H groups in total. The zero-order valence-electron chi connectivity index (χ0n) is 5.09. The molecule has 0 aromatic rings. The van der Waals surface area contributed by atoms with E-state index in [2.05, 4.69) is 0 Å². The van der Waals surface area contributed by atoms with E-state index >= 15 is 0 Å². The Bertz CT molecular complexity index is 364. The lowest BCUT2D eigenvalue weighted by Gasteiger charge is -1.99. The number of hydrogen-bond donors (Lipinski definition) is 3. The van der Waals surface area contributed by atoms with Gasteiger partial charge in [-0.15, -0.1) is 0 Å². The largest absolute Gasteiger partial charge is 0.386 e. The summed E-state index contributed by atoms with van der Waals surface area (Å²) >= 11 is -3.00. The molecule has 1 unspecified atom stereocenters. The summed E-state index contributed by atoms with van der Waals surface area (Å²) in [7, 11) is -10.3. The third-order valence-electron chi connectivity index (χ3n) is 0.390. The summed E-state index contributed by atoms with van der Waals surface area (Å²) in [5, 5.41) is 0. The number of hydrogen-bond acceptors (Lipinski definition) is 5. The molecule has 0 spiro atoms. The van der Waals surface area contributed by atoms with Gasteiger partial charge in [0.15, 0.2) is 0 Å². The van der Waals surface area contributed by atoms with Crippen molar-refractivity contribution in [3.8, 4) is 0 Å². The predicted molar refractivity (Wildman–Crippen MR) is 36.0 cm³/mol. The van der Waals surface area contributed by atoms with Crippen LogP contribution < -0.4 is 8.25 Å². The van der Waals surface area contributed by atoms with E-state index in [1.807, 2.05) is 0 Å². The topological polar surface area (TPSA) is 130 Å². The molecule has 0 radical (unpaired) electrons. The Kier molecular flexibility index (Phi) is 3.67. The van der Waals surface area contributed by atoms with Gasteiger partial charge in [0.1, 0.15) is 0 Å². The second kappa shape index (κ2) is 3.71. The molecule has 12 heavy (non-hydrogen) atoms. The maximum absolute atomic E-state index is 11.6. The fourth-order valence-corrected chi connectivity index (χ4v) is 2.48. The highest BCUT2D eigenvalue weighted by Crippen LogP contribution is 1.87. The fourth-order valence-electron chi connectivity index (χ4n) is 0.242. The van der Waals surface area contributed by atoms with Crippen molar-refractivity contribution in [2.24, 2.45) is 0 Å². The molecule has 0 bridgehead atoms. The van der Waals surface area contributed by atoms with E-state index in [4.69, 9.17) is 4.55 Å². The molecule has 0 aliphatic carbocycles. The van der Waals surface area contributed by atoms with Gasteiger partial charge in [-0.25, -0.2) is 4.21 Å². The molecule has 8 nitrogen and oxygen atoms in total. The van der Waals surface area contributed by atoms with Crippen LogP contribution in [-0.2, 0) is 31.9 Å². The molecule has 0 aliphatic heterocycles. The van der Waals surface area contributed by atoms with Crippen molar-refractivity contribution in [3.63, 3.8) is 0 Å². The predicted octanol–water partition coefficient (Wildman–Crippen LogP) is -2.24. The van der Waals surface area contributed by atoms with Gasteiger partial charge in [-0.1, -0.05) is 12.1 Å². The van der Waals surface area contributed by atoms with Crippen molar-refractivity contribution in [2.45, 2.75) is 0 Å². The molecule has 1 atom stereocenters. The van der Waals surface area contributed by atoms with Crippen LogP contribution in [0, 0.1) is 0 Å². The van der Waals surface area contributed by atoms with Crippen LogP contribution in [0.5, 0.6) is 0 Å². The minimum Gasteiger partial charge on any atom is -0.293 e. The molecule has 0 saturated carbocycles. The second-order valence-corrected chi connectivity index (χ2v) is 5.07. The Morgan fingerprint density at radius 3 is 1.92 bits per heavy atom. The number of rotatable bonds is 4. The maximum atomic E-state index is 11.6. The molecular formula is H3FN2O6S3. The van der Waals surface area contributed by atoms with Crippen LogP contribution in [0.1, 0.15) is 0 Å². The maximum Gasteiger partial charge on any atom is 0.386 e. The van der Waals surface area contributed by atoms with E-state index in [0.29, 0.717) is 4.13 Å². The Morgan fingerprint density at radius 1 is 1.25 bits per heavy atom. The summed E-state index contributed by atoms with van der Waals surface area (Å²) in [6.45, 7) is 0. The average molecular weight is 242 g/mol. The molecule has 0 saturated heterocycles. The van der Waals surface area contributed by atoms with E-state index in [0.717, 1.165) is 4.13 Å². The molecule has 0 fully saturated rings. The Balaban J connectivity index is 4.58. The summed E-state index contributed by atoms with van der Waals surface area (Å²) in [4.78, 5) is 0. The van der Waals surface area contributed by atoms with Crippen LogP contribution in [0.2, 0.25) is 0 Å². The average Bonchev–Trinajstić information content (AvgIpc) is 1.48. The molecular weight excluding hydrogens is 239 g/mol. The molecule has 0 heterocycles. The SMILES string of the molecule is O=S(O)NS(=O)(=O)NS(=O)(=O)F. The zero-order valence-corrected chi connectivity index (χ0v) is 7.54. The van der Waals surface area contributed by atoms with Crippen LogP contribution in [0.3, 0.4) is 0 Å². The smallest absolute Gasteiger partial charge is 0.293 e.